The molecular weight excluding hydrogens is 256 g/mol. The van der Waals surface area contributed by atoms with Crippen molar-refractivity contribution in [2.45, 2.75) is 26.7 Å². The summed E-state index contributed by atoms with van der Waals surface area (Å²) in [6.07, 6.45) is 2.16. The molecule has 0 aliphatic carbocycles. The predicted molar refractivity (Wildman–Crippen MR) is 80.8 cm³/mol. The molecule has 112 valence electrons. The number of anilines is 2. The van der Waals surface area contributed by atoms with Crippen molar-refractivity contribution in [1.82, 2.24) is 0 Å². The van der Waals surface area contributed by atoms with Gasteiger partial charge in [-0.3, -0.25) is 4.79 Å². The summed E-state index contributed by atoms with van der Waals surface area (Å²) >= 11 is 0. The molecule has 5 nitrogen and oxygen atoms in total. The van der Waals surface area contributed by atoms with E-state index in [9.17, 15) is 4.79 Å². The Morgan fingerprint density at radius 3 is 2.75 bits per heavy atom. The number of benzene rings is 1. The Bertz CT molecular complexity index is 422. The molecule has 0 radical (unpaired) electrons. The van der Waals surface area contributed by atoms with Crippen LogP contribution in [0.15, 0.2) is 18.2 Å². The zero-order valence-electron chi connectivity index (χ0n) is 12.3. The van der Waals surface area contributed by atoms with Crippen LogP contribution in [0.25, 0.3) is 0 Å². The van der Waals surface area contributed by atoms with Crippen LogP contribution >= 0.6 is 0 Å². The molecule has 0 saturated carbocycles. The van der Waals surface area contributed by atoms with E-state index in [0.717, 1.165) is 30.7 Å². The van der Waals surface area contributed by atoms with Gasteiger partial charge < -0.3 is 20.5 Å². The lowest BCUT2D eigenvalue weighted by atomic mass is 10.2. The molecule has 0 saturated heterocycles. The summed E-state index contributed by atoms with van der Waals surface area (Å²) in [4.78, 5) is 11.7. The van der Waals surface area contributed by atoms with Crippen LogP contribution in [-0.2, 0) is 14.3 Å². The molecule has 1 amide bonds. The fourth-order valence-corrected chi connectivity index (χ4v) is 1.59. The average Bonchev–Trinajstić information content (AvgIpc) is 2.42. The van der Waals surface area contributed by atoms with E-state index in [1.807, 2.05) is 13.0 Å². The second-order valence-electron chi connectivity index (χ2n) is 4.64. The first-order valence-corrected chi connectivity index (χ1v) is 6.95. The number of nitrogens with two attached hydrogens (primary N) is 1. The summed E-state index contributed by atoms with van der Waals surface area (Å²) < 4.78 is 10.6. The van der Waals surface area contributed by atoms with E-state index in [1.54, 1.807) is 12.1 Å². The van der Waals surface area contributed by atoms with Gasteiger partial charge in [0.05, 0.1) is 13.2 Å². The van der Waals surface area contributed by atoms with Crippen molar-refractivity contribution in [2.24, 2.45) is 0 Å². The van der Waals surface area contributed by atoms with Crippen LogP contribution in [0.1, 0.15) is 25.3 Å². The summed E-state index contributed by atoms with van der Waals surface area (Å²) in [6.45, 7) is 5.73. The largest absolute Gasteiger partial charge is 0.399 e. The van der Waals surface area contributed by atoms with Gasteiger partial charge >= 0.3 is 0 Å². The number of carbonyl (C=O) groups is 1. The Hall–Kier alpha value is -1.59. The number of hydrogen-bond acceptors (Lipinski definition) is 4. The molecule has 0 aliphatic rings. The number of aryl methyl sites for hydroxylation is 1. The maximum absolute atomic E-state index is 11.7. The highest BCUT2D eigenvalue weighted by Crippen LogP contribution is 2.17. The monoisotopic (exact) mass is 280 g/mol. The van der Waals surface area contributed by atoms with Crippen molar-refractivity contribution < 1.29 is 14.3 Å². The molecule has 1 aromatic carbocycles. The van der Waals surface area contributed by atoms with Gasteiger partial charge in [0.25, 0.3) is 0 Å². The van der Waals surface area contributed by atoms with Crippen molar-refractivity contribution in [3.8, 4) is 0 Å². The van der Waals surface area contributed by atoms with Crippen molar-refractivity contribution >= 4 is 17.3 Å². The third-order valence-corrected chi connectivity index (χ3v) is 2.78. The number of unbranched alkanes of at least 4 members (excludes halogenated alkanes) is 1. The van der Waals surface area contributed by atoms with E-state index < -0.39 is 0 Å². The smallest absolute Gasteiger partial charge is 0.250 e. The molecule has 0 aromatic heterocycles. The second-order valence-corrected chi connectivity index (χ2v) is 4.64. The molecule has 3 N–H and O–H groups in total. The quantitative estimate of drug-likeness (QED) is 0.538. The minimum atomic E-state index is -0.188. The lowest BCUT2D eigenvalue weighted by Gasteiger charge is -2.09. The van der Waals surface area contributed by atoms with Gasteiger partial charge in [0.1, 0.15) is 6.61 Å². The normalized spacial score (nSPS) is 10.5. The number of nitrogen functional groups attached to an aromatic ring is 1. The predicted octanol–water partition coefficient (Wildman–Crippen LogP) is 2.35. The highest BCUT2D eigenvalue weighted by atomic mass is 16.5. The number of amides is 1. The molecule has 0 fully saturated rings. The Morgan fingerprint density at radius 2 is 2.00 bits per heavy atom. The van der Waals surface area contributed by atoms with Crippen LogP contribution in [0.5, 0.6) is 0 Å². The number of hydrogen-bond donors (Lipinski definition) is 2. The van der Waals surface area contributed by atoms with Crippen molar-refractivity contribution in [3.05, 3.63) is 23.8 Å². The second kappa shape index (κ2) is 9.34. The minimum absolute atomic E-state index is 0.0192. The van der Waals surface area contributed by atoms with E-state index in [-0.39, 0.29) is 12.5 Å². The molecule has 0 spiro atoms. The number of ether oxygens (including phenoxy) is 2. The molecule has 1 aromatic rings. The van der Waals surface area contributed by atoms with Crippen LogP contribution in [0.4, 0.5) is 11.4 Å². The Kier molecular flexibility index (Phi) is 7.69. The van der Waals surface area contributed by atoms with Crippen LogP contribution in [-0.4, -0.2) is 32.3 Å². The fraction of sp³-hybridized carbons (Fsp3) is 0.533. The summed E-state index contributed by atoms with van der Waals surface area (Å²) in [7, 11) is 0. The topological polar surface area (TPSA) is 73.6 Å². The first-order chi connectivity index (χ1) is 9.63. The maximum Gasteiger partial charge on any atom is 0.250 e. The molecule has 20 heavy (non-hydrogen) atoms. The summed E-state index contributed by atoms with van der Waals surface area (Å²) in [5.41, 5.74) is 7.99. The van der Waals surface area contributed by atoms with Gasteiger partial charge in [0.2, 0.25) is 5.91 Å². The first-order valence-electron chi connectivity index (χ1n) is 6.95. The van der Waals surface area contributed by atoms with Crippen LogP contribution < -0.4 is 11.1 Å². The Morgan fingerprint density at radius 1 is 1.25 bits per heavy atom. The molecule has 5 heteroatoms. The van der Waals surface area contributed by atoms with E-state index in [4.69, 9.17) is 15.2 Å². The van der Waals surface area contributed by atoms with Crippen LogP contribution in [0, 0.1) is 6.92 Å². The molecule has 0 unspecified atom stereocenters. The summed E-state index contributed by atoms with van der Waals surface area (Å²) in [5, 5.41) is 2.78. The van der Waals surface area contributed by atoms with Gasteiger partial charge in [-0.15, -0.1) is 0 Å². The van der Waals surface area contributed by atoms with Gasteiger partial charge in [-0.05, 0) is 31.0 Å². The van der Waals surface area contributed by atoms with Gasteiger partial charge in [-0.25, -0.2) is 0 Å². The molecule has 0 bridgehead atoms. The standard InChI is InChI=1S/C15H24N2O3/c1-3-4-7-19-8-9-20-11-15(18)17-14-10-13(16)6-5-12(14)2/h5-6,10H,3-4,7-9,11,16H2,1-2H3,(H,17,18). The Balaban J connectivity index is 2.19. The average molecular weight is 280 g/mol. The summed E-state index contributed by atoms with van der Waals surface area (Å²) in [5.74, 6) is -0.188. The van der Waals surface area contributed by atoms with Gasteiger partial charge in [-0.2, -0.15) is 0 Å². The zero-order valence-corrected chi connectivity index (χ0v) is 12.3. The van der Waals surface area contributed by atoms with Crippen molar-refractivity contribution in [3.63, 3.8) is 0 Å². The third kappa shape index (κ3) is 6.54. The van der Waals surface area contributed by atoms with Crippen molar-refractivity contribution in [1.29, 1.82) is 0 Å². The lowest BCUT2D eigenvalue weighted by molar-refractivity contribution is -0.121. The number of nitrogens with one attached hydrogen (secondary N) is 1. The lowest BCUT2D eigenvalue weighted by Crippen LogP contribution is -2.20. The van der Waals surface area contributed by atoms with Crippen LogP contribution in [0.2, 0.25) is 0 Å². The van der Waals surface area contributed by atoms with E-state index >= 15 is 0 Å². The third-order valence-electron chi connectivity index (χ3n) is 2.78. The molecule has 0 aliphatic heterocycles. The molecule has 0 atom stereocenters. The fourth-order valence-electron chi connectivity index (χ4n) is 1.59. The van der Waals surface area contributed by atoms with Crippen molar-refractivity contribution in [2.75, 3.05) is 37.5 Å². The maximum atomic E-state index is 11.7. The molecule has 0 heterocycles. The highest BCUT2D eigenvalue weighted by molar-refractivity contribution is 5.92. The van der Waals surface area contributed by atoms with Gasteiger partial charge in [-0.1, -0.05) is 19.4 Å². The van der Waals surface area contributed by atoms with Crippen LogP contribution in [0.3, 0.4) is 0 Å². The van der Waals surface area contributed by atoms with E-state index in [0.29, 0.717) is 18.9 Å². The van der Waals surface area contributed by atoms with E-state index in [2.05, 4.69) is 12.2 Å². The Labute approximate surface area is 120 Å². The molecular formula is C15H24N2O3. The first kappa shape index (κ1) is 16.5. The SMILES string of the molecule is CCCCOCCOCC(=O)Nc1cc(N)ccc1C. The number of carbonyl (C=O) groups excluding carboxylic acids is 1. The number of rotatable bonds is 9. The minimum Gasteiger partial charge on any atom is -0.399 e. The summed E-state index contributed by atoms with van der Waals surface area (Å²) in [6, 6.07) is 5.41. The molecule has 1 rings (SSSR count). The van der Waals surface area contributed by atoms with E-state index in [1.165, 1.54) is 0 Å². The zero-order chi connectivity index (χ0) is 14.8. The highest BCUT2D eigenvalue weighted by Gasteiger charge is 2.05. The van der Waals surface area contributed by atoms with Gasteiger partial charge in [0.15, 0.2) is 0 Å². The van der Waals surface area contributed by atoms with Gasteiger partial charge in [0, 0.05) is 18.0 Å².